The molecule has 5 aromatic rings. The number of thiazole rings is 1. The summed E-state index contributed by atoms with van der Waals surface area (Å²) in [4.78, 5) is 43.3. The van der Waals surface area contributed by atoms with Crippen molar-refractivity contribution in [2.75, 3.05) is 5.32 Å². The number of nitrogens with zero attached hydrogens (tertiary/aromatic N) is 6. The number of rotatable bonds is 8. The van der Waals surface area contributed by atoms with Gasteiger partial charge in [-0.25, -0.2) is 4.98 Å². The number of carbonyl (C=O) groups is 2. The maximum Gasteiger partial charge on any atom is 0.299 e. The topological polar surface area (TPSA) is 149 Å². The van der Waals surface area contributed by atoms with E-state index < -0.39 is 23.8 Å². The maximum atomic E-state index is 13.1. The molecule has 0 aliphatic carbocycles. The SMILES string of the molecule is N#Cc1c(-c2cc(NCc3ccc(Cl)s3)n(C(=O)c3cscn3)n2)ccc(=O)n1CC(=O)c1ccon1. The predicted octanol–water partition coefficient (Wildman–Crippen LogP) is 3.93. The van der Waals surface area contributed by atoms with Gasteiger partial charge in [0.1, 0.15) is 29.5 Å². The summed E-state index contributed by atoms with van der Waals surface area (Å²) < 4.78 is 7.51. The van der Waals surface area contributed by atoms with Crippen LogP contribution >= 0.6 is 34.3 Å². The molecule has 11 nitrogen and oxygen atoms in total. The van der Waals surface area contributed by atoms with Crippen LogP contribution in [0.2, 0.25) is 4.34 Å². The van der Waals surface area contributed by atoms with Gasteiger partial charge in [-0.3, -0.25) is 19.0 Å². The van der Waals surface area contributed by atoms with Crippen LogP contribution in [0.15, 0.2) is 62.9 Å². The Morgan fingerprint density at radius 2 is 2.05 bits per heavy atom. The number of anilines is 1. The Bertz CT molecular complexity index is 1700. The molecule has 0 bridgehead atoms. The highest BCUT2D eigenvalue weighted by atomic mass is 35.5. The van der Waals surface area contributed by atoms with E-state index in [1.807, 2.05) is 12.1 Å². The van der Waals surface area contributed by atoms with Gasteiger partial charge in [-0.15, -0.1) is 22.7 Å². The highest BCUT2D eigenvalue weighted by Crippen LogP contribution is 2.27. The summed E-state index contributed by atoms with van der Waals surface area (Å²) in [6, 6.07) is 11.2. The third-order valence-electron chi connectivity index (χ3n) is 5.22. The summed E-state index contributed by atoms with van der Waals surface area (Å²) >= 11 is 8.68. The molecule has 5 aromatic heterocycles. The average molecular weight is 552 g/mol. The van der Waals surface area contributed by atoms with Crippen molar-refractivity contribution in [3.05, 3.63) is 90.2 Å². The molecule has 5 rings (SSSR count). The second-order valence-electron chi connectivity index (χ2n) is 7.50. The summed E-state index contributed by atoms with van der Waals surface area (Å²) in [5.41, 5.74) is 1.63. The van der Waals surface area contributed by atoms with Crippen LogP contribution in [-0.2, 0) is 13.1 Å². The van der Waals surface area contributed by atoms with Crippen molar-refractivity contribution >= 4 is 51.8 Å². The second kappa shape index (κ2) is 10.3. The number of hydrogen-bond donors (Lipinski definition) is 1. The lowest BCUT2D eigenvalue weighted by Crippen LogP contribution is -2.26. The van der Waals surface area contributed by atoms with Crippen molar-refractivity contribution in [3.8, 4) is 17.3 Å². The van der Waals surface area contributed by atoms with Gasteiger partial charge in [0.25, 0.3) is 11.5 Å². The van der Waals surface area contributed by atoms with Gasteiger partial charge in [0.15, 0.2) is 5.69 Å². The molecule has 0 atom stereocenters. The van der Waals surface area contributed by atoms with Crippen molar-refractivity contribution < 1.29 is 14.1 Å². The first-order valence-electron chi connectivity index (χ1n) is 10.5. The van der Waals surface area contributed by atoms with E-state index in [4.69, 9.17) is 16.1 Å². The molecule has 184 valence electrons. The molecule has 0 saturated carbocycles. The Balaban J connectivity index is 1.55. The van der Waals surface area contributed by atoms with Crippen LogP contribution in [0.3, 0.4) is 0 Å². The smallest absolute Gasteiger partial charge is 0.299 e. The lowest BCUT2D eigenvalue weighted by Gasteiger charge is -2.09. The molecule has 14 heteroatoms. The van der Waals surface area contributed by atoms with Crippen LogP contribution in [0.5, 0.6) is 0 Å². The highest BCUT2D eigenvalue weighted by molar-refractivity contribution is 7.16. The number of pyridine rings is 1. The number of carbonyl (C=O) groups excluding carboxylic acids is 2. The number of halogens is 1. The molecule has 0 aliphatic rings. The zero-order valence-corrected chi connectivity index (χ0v) is 21.0. The monoisotopic (exact) mass is 551 g/mol. The van der Waals surface area contributed by atoms with E-state index in [-0.39, 0.29) is 28.3 Å². The van der Waals surface area contributed by atoms with Gasteiger partial charge < -0.3 is 9.84 Å². The van der Waals surface area contributed by atoms with Crippen LogP contribution < -0.4 is 10.9 Å². The van der Waals surface area contributed by atoms with E-state index in [0.717, 1.165) is 14.1 Å². The van der Waals surface area contributed by atoms with Crippen LogP contribution in [0, 0.1) is 11.3 Å². The van der Waals surface area contributed by atoms with Gasteiger partial charge in [-0.2, -0.15) is 15.0 Å². The quantitative estimate of drug-likeness (QED) is 0.283. The summed E-state index contributed by atoms with van der Waals surface area (Å²) in [5.74, 6) is -0.643. The Morgan fingerprint density at radius 1 is 1.19 bits per heavy atom. The Kier molecular flexibility index (Phi) is 6.78. The zero-order valence-electron chi connectivity index (χ0n) is 18.6. The first kappa shape index (κ1) is 24.3. The molecule has 0 radical (unpaired) electrons. The average Bonchev–Trinajstić information content (AvgIpc) is 3.71. The molecule has 1 N–H and O–H groups in total. The van der Waals surface area contributed by atoms with Gasteiger partial charge >= 0.3 is 0 Å². The van der Waals surface area contributed by atoms with Gasteiger partial charge in [-0.1, -0.05) is 16.8 Å². The summed E-state index contributed by atoms with van der Waals surface area (Å²) in [6.07, 6.45) is 1.24. The third-order valence-corrected chi connectivity index (χ3v) is 7.03. The van der Waals surface area contributed by atoms with Crippen LogP contribution in [-0.4, -0.2) is 36.2 Å². The van der Waals surface area contributed by atoms with E-state index in [1.165, 1.54) is 52.6 Å². The summed E-state index contributed by atoms with van der Waals surface area (Å²) in [6.45, 7) is -0.0610. The maximum absolute atomic E-state index is 13.1. The molecular formula is C23H14ClN7O4S2. The number of hydrogen-bond acceptors (Lipinski definition) is 11. The number of nitriles is 1. The molecular weight excluding hydrogens is 538 g/mol. The van der Waals surface area contributed by atoms with Gasteiger partial charge in [0.2, 0.25) is 5.78 Å². The number of Topliss-reactive ketones (excluding diaryl/α,β-unsaturated/α-hetero) is 1. The fraction of sp³-hybridized carbons (Fsp3) is 0.0870. The van der Waals surface area contributed by atoms with Crippen LogP contribution in [0.1, 0.15) is 31.5 Å². The fourth-order valence-corrected chi connectivity index (χ4v) is 5.04. The van der Waals surface area contributed by atoms with Gasteiger partial charge in [-0.05, 0) is 18.2 Å². The molecule has 0 unspecified atom stereocenters. The minimum Gasteiger partial charge on any atom is -0.365 e. The van der Waals surface area contributed by atoms with Crippen molar-refractivity contribution in [3.63, 3.8) is 0 Å². The van der Waals surface area contributed by atoms with Crippen molar-refractivity contribution in [2.24, 2.45) is 0 Å². The Labute approximate surface area is 221 Å². The van der Waals surface area contributed by atoms with Crippen molar-refractivity contribution in [2.45, 2.75) is 13.1 Å². The molecule has 0 spiro atoms. The van der Waals surface area contributed by atoms with E-state index in [0.29, 0.717) is 16.7 Å². The van der Waals surface area contributed by atoms with Crippen LogP contribution in [0.25, 0.3) is 11.3 Å². The molecule has 0 aliphatic heterocycles. The molecule has 0 saturated heterocycles. The van der Waals surface area contributed by atoms with Gasteiger partial charge in [0.05, 0.1) is 28.6 Å². The van der Waals surface area contributed by atoms with E-state index in [1.54, 1.807) is 17.5 Å². The van der Waals surface area contributed by atoms with E-state index in [2.05, 4.69) is 20.6 Å². The Morgan fingerprint density at radius 3 is 2.73 bits per heavy atom. The molecule has 37 heavy (non-hydrogen) atoms. The number of thiophene rings is 1. The summed E-state index contributed by atoms with van der Waals surface area (Å²) in [5, 5.41) is 22.7. The largest absolute Gasteiger partial charge is 0.365 e. The lowest BCUT2D eigenvalue weighted by atomic mass is 10.1. The van der Waals surface area contributed by atoms with E-state index in [9.17, 15) is 19.6 Å². The van der Waals surface area contributed by atoms with Crippen LogP contribution in [0.4, 0.5) is 5.82 Å². The second-order valence-corrected chi connectivity index (χ2v) is 10.0. The fourth-order valence-electron chi connectivity index (χ4n) is 3.49. The first-order valence-corrected chi connectivity index (χ1v) is 12.7. The standard InChI is InChI=1S/C23H14ClN7O4S2/c24-20-3-1-13(37-20)9-26-21-7-16(28-31(21)23(34)17-11-36-12-27-17)14-2-4-22(33)30(18(14)8-25)10-19(32)15-5-6-35-29-15/h1-7,11-12,26H,9-10H2. The third kappa shape index (κ3) is 4.98. The number of nitrogens with one attached hydrogen (secondary N) is 1. The molecule has 0 fully saturated rings. The van der Waals surface area contributed by atoms with Crippen molar-refractivity contribution in [1.82, 2.24) is 24.5 Å². The van der Waals surface area contributed by atoms with Crippen molar-refractivity contribution in [1.29, 1.82) is 5.26 Å². The number of aromatic nitrogens is 5. The Hall–Kier alpha value is -4.38. The highest BCUT2D eigenvalue weighted by Gasteiger charge is 2.22. The molecule has 0 aromatic carbocycles. The lowest BCUT2D eigenvalue weighted by molar-refractivity contribution is 0.0941. The zero-order chi connectivity index (χ0) is 25.9. The molecule has 5 heterocycles. The minimum absolute atomic E-state index is 0.0273. The normalized spacial score (nSPS) is 10.8. The summed E-state index contributed by atoms with van der Waals surface area (Å²) in [7, 11) is 0. The predicted molar refractivity (Wildman–Crippen MR) is 136 cm³/mol. The molecule has 0 amide bonds. The number of ketones is 1. The van der Waals surface area contributed by atoms with E-state index >= 15 is 0 Å². The first-order chi connectivity index (χ1) is 17.9. The van der Waals surface area contributed by atoms with Gasteiger partial charge in [0, 0.05) is 34.0 Å². The minimum atomic E-state index is -0.553.